The van der Waals surface area contributed by atoms with Gasteiger partial charge in [0.1, 0.15) is 18.1 Å². The van der Waals surface area contributed by atoms with E-state index in [2.05, 4.69) is 21.2 Å². The van der Waals surface area contributed by atoms with E-state index in [-0.39, 0.29) is 31.4 Å². The van der Waals surface area contributed by atoms with Crippen LogP contribution >= 0.6 is 15.9 Å². The maximum atomic E-state index is 11.6. The maximum Gasteiger partial charge on any atom is 0.287 e. The van der Waals surface area contributed by atoms with Gasteiger partial charge in [-0.1, -0.05) is 22.0 Å². The number of carbonyl (C=O) groups is 1. The molecule has 0 unspecified atom stereocenters. The largest absolute Gasteiger partial charge is 0.486 e. The minimum Gasteiger partial charge on any atom is -0.486 e. The minimum absolute atomic E-state index is 0.106. The predicted octanol–water partition coefficient (Wildman–Crippen LogP) is 2.34. The summed E-state index contributed by atoms with van der Waals surface area (Å²) in [6.45, 7) is 0.332. The summed E-state index contributed by atoms with van der Waals surface area (Å²) in [7, 11) is 0. The highest BCUT2D eigenvalue weighted by Gasteiger charge is 2.10. The van der Waals surface area contributed by atoms with Gasteiger partial charge in [0.15, 0.2) is 5.76 Å². The van der Waals surface area contributed by atoms with E-state index in [9.17, 15) is 4.79 Å². The Morgan fingerprint density at radius 1 is 1.35 bits per heavy atom. The van der Waals surface area contributed by atoms with Crippen LogP contribution in [0.4, 0.5) is 0 Å². The molecule has 6 heteroatoms. The Bertz CT molecular complexity index is 582. The number of nitrogens with one attached hydrogen (secondary N) is 1. The minimum atomic E-state index is -0.354. The molecule has 2 aromatic rings. The number of aliphatic hydroxyl groups is 1. The highest BCUT2D eigenvalue weighted by atomic mass is 79.9. The maximum absolute atomic E-state index is 11.6. The monoisotopic (exact) mass is 339 g/mol. The van der Waals surface area contributed by atoms with Crippen molar-refractivity contribution in [1.29, 1.82) is 0 Å². The first-order chi connectivity index (χ1) is 9.69. The van der Waals surface area contributed by atoms with Gasteiger partial charge in [-0.15, -0.1) is 0 Å². The highest BCUT2D eigenvalue weighted by molar-refractivity contribution is 9.10. The van der Waals surface area contributed by atoms with Gasteiger partial charge in [-0.05, 0) is 30.3 Å². The van der Waals surface area contributed by atoms with Gasteiger partial charge < -0.3 is 19.6 Å². The molecule has 0 radical (unpaired) electrons. The van der Waals surface area contributed by atoms with E-state index in [0.29, 0.717) is 11.5 Å². The lowest BCUT2D eigenvalue weighted by Gasteiger charge is -2.04. The molecular formula is C14H14BrNO4. The van der Waals surface area contributed by atoms with E-state index < -0.39 is 0 Å². The number of aliphatic hydroxyl groups excluding tert-OH is 1. The van der Waals surface area contributed by atoms with Crippen LogP contribution in [0.5, 0.6) is 5.75 Å². The van der Waals surface area contributed by atoms with Gasteiger partial charge in [-0.25, -0.2) is 0 Å². The molecule has 0 spiro atoms. The third kappa shape index (κ3) is 4.11. The van der Waals surface area contributed by atoms with Crippen LogP contribution in [0.25, 0.3) is 0 Å². The first-order valence-corrected chi connectivity index (χ1v) is 6.84. The van der Waals surface area contributed by atoms with Crippen molar-refractivity contribution < 1.29 is 19.1 Å². The molecule has 1 aromatic carbocycles. The number of rotatable bonds is 6. The van der Waals surface area contributed by atoms with Crippen molar-refractivity contribution in [3.8, 4) is 5.75 Å². The van der Waals surface area contributed by atoms with Crippen LogP contribution in [0.1, 0.15) is 16.3 Å². The summed E-state index contributed by atoms with van der Waals surface area (Å²) < 4.78 is 11.8. The summed E-state index contributed by atoms with van der Waals surface area (Å²) >= 11 is 3.36. The SMILES string of the molecule is O=C(NCCO)c1ccc(COc2cccc(Br)c2)o1. The lowest BCUT2D eigenvalue weighted by molar-refractivity contribution is 0.0913. The number of hydrogen-bond donors (Lipinski definition) is 2. The molecule has 0 fully saturated rings. The second-order valence-electron chi connectivity index (χ2n) is 3.99. The number of furan rings is 1. The lowest BCUT2D eigenvalue weighted by atomic mass is 10.3. The molecule has 0 aliphatic heterocycles. The molecule has 2 N–H and O–H groups in total. The number of amides is 1. The van der Waals surface area contributed by atoms with Crippen LogP contribution in [0.15, 0.2) is 45.3 Å². The van der Waals surface area contributed by atoms with E-state index in [1.165, 1.54) is 0 Å². The zero-order valence-corrected chi connectivity index (χ0v) is 12.2. The Morgan fingerprint density at radius 3 is 2.95 bits per heavy atom. The molecule has 2 rings (SSSR count). The molecule has 0 saturated carbocycles. The van der Waals surface area contributed by atoms with Crippen LogP contribution < -0.4 is 10.1 Å². The molecule has 1 aromatic heterocycles. The summed E-state index contributed by atoms with van der Waals surface area (Å²) in [5, 5.41) is 11.1. The van der Waals surface area contributed by atoms with Gasteiger partial charge in [0.25, 0.3) is 5.91 Å². The fraction of sp³-hybridized carbons (Fsp3) is 0.214. The smallest absolute Gasteiger partial charge is 0.287 e. The average molecular weight is 340 g/mol. The Hall–Kier alpha value is -1.79. The Morgan fingerprint density at radius 2 is 2.20 bits per heavy atom. The van der Waals surface area contributed by atoms with Crippen molar-refractivity contribution >= 4 is 21.8 Å². The van der Waals surface area contributed by atoms with Crippen molar-refractivity contribution in [2.24, 2.45) is 0 Å². The zero-order chi connectivity index (χ0) is 14.4. The standard InChI is InChI=1S/C14H14BrNO4/c15-10-2-1-3-11(8-10)19-9-12-4-5-13(20-12)14(18)16-6-7-17/h1-5,8,17H,6-7,9H2,(H,16,18). The molecule has 1 amide bonds. The number of hydrogen-bond acceptors (Lipinski definition) is 4. The summed E-state index contributed by atoms with van der Waals surface area (Å²) in [5.74, 6) is 1.11. The molecule has 1 heterocycles. The van der Waals surface area contributed by atoms with Crippen LogP contribution in [-0.4, -0.2) is 24.2 Å². The van der Waals surface area contributed by atoms with Gasteiger partial charge >= 0.3 is 0 Å². The van der Waals surface area contributed by atoms with Gasteiger partial charge in [-0.3, -0.25) is 4.79 Å². The third-order valence-electron chi connectivity index (χ3n) is 2.46. The molecule has 106 valence electrons. The summed E-state index contributed by atoms with van der Waals surface area (Å²) in [4.78, 5) is 11.6. The first kappa shape index (κ1) is 14.6. The topological polar surface area (TPSA) is 71.7 Å². The van der Waals surface area contributed by atoms with Gasteiger partial charge in [0.05, 0.1) is 6.61 Å². The molecule has 0 aliphatic rings. The highest BCUT2D eigenvalue weighted by Crippen LogP contribution is 2.19. The normalized spacial score (nSPS) is 10.3. The lowest BCUT2D eigenvalue weighted by Crippen LogP contribution is -2.25. The van der Waals surface area contributed by atoms with Crippen molar-refractivity contribution in [3.05, 3.63) is 52.4 Å². The van der Waals surface area contributed by atoms with Gasteiger partial charge in [0.2, 0.25) is 0 Å². The van der Waals surface area contributed by atoms with E-state index in [1.807, 2.05) is 24.3 Å². The molecule has 0 bridgehead atoms. The molecule has 0 aliphatic carbocycles. The van der Waals surface area contributed by atoms with Crippen LogP contribution in [-0.2, 0) is 6.61 Å². The van der Waals surface area contributed by atoms with Crippen LogP contribution in [0.3, 0.4) is 0 Å². The fourth-order valence-corrected chi connectivity index (χ4v) is 1.92. The van der Waals surface area contributed by atoms with Gasteiger partial charge in [0, 0.05) is 11.0 Å². The zero-order valence-electron chi connectivity index (χ0n) is 10.6. The average Bonchev–Trinajstić information content (AvgIpc) is 2.91. The fourth-order valence-electron chi connectivity index (χ4n) is 1.55. The summed E-state index contributed by atoms with van der Waals surface area (Å²) in [5.41, 5.74) is 0. The molecule has 0 saturated heterocycles. The van der Waals surface area contributed by atoms with Crippen molar-refractivity contribution in [2.45, 2.75) is 6.61 Å². The first-order valence-electron chi connectivity index (χ1n) is 6.05. The molecule has 5 nitrogen and oxygen atoms in total. The molecule has 20 heavy (non-hydrogen) atoms. The Kier molecular flexibility index (Phi) is 5.20. The van der Waals surface area contributed by atoms with E-state index in [4.69, 9.17) is 14.3 Å². The van der Waals surface area contributed by atoms with Crippen molar-refractivity contribution in [1.82, 2.24) is 5.32 Å². The van der Waals surface area contributed by atoms with E-state index >= 15 is 0 Å². The van der Waals surface area contributed by atoms with E-state index in [1.54, 1.807) is 12.1 Å². The quantitative estimate of drug-likeness (QED) is 0.847. The summed E-state index contributed by atoms with van der Waals surface area (Å²) in [6, 6.07) is 10.7. The van der Waals surface area contributed by atoms with Gasteiger partial charge in [-0.2, -0.15) is 0 Å². The third-order valence-corrected chi connectivity index (χ3v) is 2.95. The summed E-state index contributed by atoms with van der Waals surface area (Å²) in [6.07, 6.45) is 0. The number of carbonyl (C=O) groups excluding carboxylic acids is 1. The predicted molar refractivity (Wildman–Crippen MR) is 76.6 cm³/mol. The Labute approximate surface area is 124 Å². The van der Waals surface area contributed by atoms with Crippen LogP contribution in [0.2, 0.25) is 0 Å². The van der Waals surface area contributed by atoms with Crippen LogP contribution in [0, 0.1) is 0 Å². The van der Waals surface area contributed by atoms with Crippen molar-refractivity contribution in [3.63, 3.8) is 0 Å². The second kappa shape index (κ2) is 7.12. The van der Waals surface area contributed by atoms with E-state index in [0.717, 1.165) is 4.47 Å². The number of benzene rings is 1. The number of halogens is 1. The van der Waals surface area contributed by atoms with Crippen molar-refractivity contribution in [2.75, 3.05) is 13.2 Å². The number of ether oxygens (including phenoxy) is 1. The Balaban J connectivity index is 1.91. The second-order valence-corrected chi connectivity index (χ2v) is 4.91. The molecular weight excluding hydrogens is 326 g/mol. The molecule has 0 atom stereocenters.